The van der Waals surface area contributed by atoms with Gasteiger partial charge in [-0.1, -0.05) is 23.4 Å². The third-order valence-corrected chi connectivity index (χ3v) is 3.14. The van der Waals surface area contributed by atoms with Crippen molar-refractivity contribution in [1.82, 2.24) is 10.1 Å². The summed E-state index contributed by atoms with van der Waals surface area (Å²) in [6, 6.07) is 4.71. The molecular formula is C14H13F3N2O3. The predicted molar refractivity (Wildman–Crippen MR) is 69.8 cm³/mol. The Kier molecular flexibility index (Phi) is 4.51. The lowest BCUT2D eigenvalue weighted by Crippen LogP contribution is -2.32. The monoisotopic (exact) mass is 314 g/mol. The molecule has 1 N–H and O–H groups in total. The highest BCUT2D eigenvalue weighted by Gasteiger charge is 2.38. The van der Waals surface area contributed by atoms with Crippen LogP contribution in [0.1, 0.15) is 22.9 Å². The summed E-state index contributed by atoms with van der Waals surface area (Å²) in [6.07, 6.45) is -3.32. The third-order valence-electron chi connectivity index (χ3n) is 3.14. The Labute approximate surface area is 123 Å². The smallest absolute Gasteiger partial charge is 0.416 e. The molecule has 1 aromatic heterocycles. The van der Waals surface area contributed by atoms with E-state index in [0.29, 0.717) is 5.69 Å². The second-order valence-corrected chi connectivity index (χ2v) is 4.73. The van der Waals surface area contributed by atoms with Gasteiger partial charge in [-0.2, -0.15) is 13.2 Å². The van der Waals surface area contributed by atoms with Crippen LogP contribution in [-0.4, -0.2) is 28.2 Å². The fourth-order valence-corrected chi connectivity index (χ4v) is 2.22. The molecule has 5 nitrogen and oxygen atoms in total. The molecule has 1 atom stereocenters. The number of nitrogens with zero attached hydrogens (tertiary/aromatic N) is 2. The number of benzene rings is 1. The van der Waals surface area contributed by atoms with Crippen LogP contribution in [0.4, 0.5) is 13.2 Å². The normalized spacial score (nSPS) is 13.3. The van der Waals surface area contributed by atoms with Crippen LogP contribution in [0.5, 0.6) is 0 Å². The van der Waals surface area contributed by atoms with Gasteiger partial charge >= 0.3 is 12.1 Å². The minimum absolute atomic E-state index is 0.0413. The fraction of sp³-hybridized carbons (Fsp3) is 0.286. The Bertz CT molecular complexity index is 641. The summed E-state index contributed by atoms with van der Waals surface area (Å²) in [4.78, 5) is 12.8. The van der Waals surface area contributed by atoms with Gasteiger partial charge in [0.05, 0.1) is 11.3 Å². The van der Waals surface area contributed by atoms with Crippen molar-refractivity contribution in [1.29, 1.82) is 0 Å². The molecule has 0 aliphatic carbocycles. The summed E-state index contributed by atoms with van der Waals surface area (Å²) in [5.74, 6) is -1.37. The van der Waals surface area contributed by atoms with E-state index < -0.39 is 23.8 Å². The maximum absolute atomic E-state index is 13.1. The van der Waals surface area contributed by atoms with Gasteiger partial charge in [-0.3, -0.25) is 9.69 Å². The molecule has 0 aliphatic heterocycles. The first-order valence-corrected chi connectivity index (χ1v) is 6.29. The quantitative estimate of drug-likeness (QED) is 0.919. The van der Waals surface area contributed by atoms with Crippen LogP contribution in [0, 0.1) is 0 Å². The van der Waals surface area contributed by atoms with Crippen LogP contribution >= 0.6 is 0 Å². The van der Waals surface area contributed by atoms with Crippen LogP contribution in [-0.2, 0) is 17.5 Å². The molecule has 0 spiro atoms. The maximum Gasteiger partial charge on any atom is 0.416 e. The number of aliphatic carboxylic acids is 1. The molecule has 1 unspecified atom stereocenters. The van der Waals surface area contributed by atoms with Crippen LogP contribution in [0.25, 0.3) is 0 Å². The molecule has 1 aromatic carbocycles. The van der Waals surface area contributed by atoms with Crippen LogP contribution in [0.3, 0.4) is 0 Å². The van der Waals surface area contributed by atoms with Gasteiger partial charge < -0.3 is 9.63 Å². The summed E-state index contributed by atoms with van der Waals surface area (Å²) in [7, 11) is 1.42. The van der Waals surface area contributed by atoms with E-state index in [0.717, 1.165) is 6.07 Å². The number of hydrogen-bond donors (Lipinski definition) is 1. The van der Waals surface area contributed by atoms with Crippen molar-refractivity contribution in [2.75, 3.05) is 7.05 Å². The number of carbonyl (C=O) groups is 1. The van der Waals surface area contributed by atoms with E-state index in [2.05, 4.69) is 9.68 Å². The van der Waals surface area contributed by atoms with E-state index >= 15 is 0 Å². The minimum Gasteiger partial charge on any atom is -0.480 e. The Hall–Kier alpha value is -2.35. The molecule has 0 aliphatic rings. The van der Waals surface area contributed by atoms with Crippen LogP contribution in [0.15, 0.2) is 41.1 Å². The molecule has 0 amide bonds. The first-order valence-electron chi connectivity index (χ1n) is 6.29. The molecule has 0 radical (unpaired) electrons. The number of alkyl halides is 3. The first kappa shape index (κ1) is 16.0. The standard InChI is InChI=1S/C14H13F3N2O3/c1-19(8-9-6-7-22-18-9)12(13(20)21)10-4-2-3-5-11(10)14(15,16)17/h2-7,12H,8H2,1H3,(H,20,21). The molecule has 0 bridgehead atoms. The van der Waals surface area contributed by atoms with Gasteiger partial charge in [-0.15, -0.1) is 0 Å². The highest BCUT2D eigenvalue weighted by atomic mass is 19.4. The van der Waals surface area contributed by atoms with Crippen LogP contribution < -0.4 is 0 Å². The molecule has 0 saturated carbocycles. The van der Waals surface area contributed by atoms with Gasteiger partial charge in [0.25, 0.3) is 0 Å². The van der Waals surface area contributed by atoms with Crippen molar-refractivity contribution >= 4 is 5.97 Å². The van der Waals surface area contributed by atoms with Crippen LogP contribution in [0.2, 0.25) is 0 Å². The molecule has 2 rings (SSSR count). The lowest BCUT2D eigenvalue weighted by atomic mass is 9.98. The second kappa shape index (κ2) is 6.18. The highest BCUT2D eigenvalue weighted by Crippen LogP contribution is 2.36. The maximum atomic E-state index is 13.1. The van der Waals surface area contributed by atoms with Gasteiger partial charge in [0.2, 0.25) is 0 Å². The Morgan fingerprint density at radius 2 is 2.05 bits per heavy atom. The van der Waals surface area contributed by atoms with Crippen molar-refractivity contribution in [3.05, 3.63) is 53.4 Å². The summed E-state index contributed by atoms with van der Waals surface area (Å²) in [5, 5.41) is 13.0. The fourth-order valence-electron chi connectivity index (χ4n) is 2.22. The molecular weight excluding hydrogens is 301 g/mol. The Morgan fingerprint density at radius 1 is 1.36 bits per heavy atom. The number of rotatable bonds is 5. The number of likely N-dealkylation sites (N-methyl/N-ethyl adjacent to an activating group) is 1. The van der Waals surface area contributed by atoms with Gasteiger partial charge in [0, 0.05) is 12.6 Å². The number of aromatic nitrogens is 1. The molecule has 0 saturated heterocycles. The van der Waals surface area contributed by atoms with Gasteiger partial charge in [0.15, 0.2) is 0 Å². The minimum atomic E-state index is -4.63. The molecule has 22 heavy (non-hydrogen) atoms. The first-order chi connectivity index (χ1) is 10.3. The van der Waals surface area contributed by atoms with Gasteiger partial charge in [0.1, 0.15) is 12.3 Å². The van der Waals surface area contributed by atoms with E-state index in [1.165, 1.54) is 42.5 Å². The number of carboxylic acids is 1. The highest BCUT2D eigenvalue weighted by molar-refractivity contribution is 5.76. The van der Waals surface area contributed by atoms with Gasteiger partial charge in [-0.05, 0) is 18.7 Å². The zero-order valence-electron chi connectivity index (χ0n) is 11.5. The zero-order chi connectivity index (χ0) is 16.3. The van der Waals surface area contributed by atoms with Crippen molar-refractivity contribution in [3.8, 4) is 0 Å². The average molecular weight is 314 g/mol. The summed E-state index contributed by atoms with van der Waals surface area (Å²) >= 11 is 0. The summed E-state index contributed by atoms with van der Waals surface area (Å²) in [5.41, 5.74) is -0.846. The van der Waals surface area contributed by atoms with E-state index in [4.69, 9.17) is 0 Å². The van der Waals surface area contributed by atoms with E-state index in [1.807, 2.05) is 0 Å². The summed E-state index contributed by atoms with van der Waals surface area (Å²) < 4.78 is 43.9. The number of hydrogen-bond acceptors (Lipinski definition) is 4. The SMILES string of the molecule is CN(Cc1ccon1)C(C(=O)O)c1ccccc1C(F)(F)F. The van der Waals surface area contributed by atoms with Gasteiger partial charge in [-0.25, -0.2) is 0 Å². The number of halogens is 3. The summed E-state index contributed by atoms with van der Waals surface area (Å²) in [6.45, 7) is 0.0413. The topological polar surface area (TPSA) is 66.6 Å². The largest absolute Gasteiger partial charge is 0.480 e. The molecule has 0 fully saturated rings. The molecule has 2 aromatic rings. The van der Waals surface area contributed by atoms with Crippen molar-refractivity contribution in [2.45, 2.75) is 18.8 Å². The predicted octanol–water partition coefficient (Wildman–Crippen LogP) is 2.95. The lowest BCUT2D eigenvalue weighted by molar-refractivity contribution is -0.145. The molecule has 118 valence electrons. The average Bonchev–Trinajstić information content (AvgIpc) is 2.90. The van der Waals surface area contributed by atoms with E-state index in [1.54, 1.807) is 0 Å². The van der Waals surface area contributed by atoms with E-state index in [-0.39, 0.29) is 12.1 Å². The number of carboxylic acid groups (broad SMARTS) is 1. The molecule has 1 heterocycles. The second-order valence-electron chi connectivity index (χ2n) is 4.73. The van der Waals surface area contributed by atoms with Crippen molar-refractivity contribution in [2.24, 2.45) is 0 Å². The lowest BCUT2D eigenvalue weighted by Gasteiger charge is -2.26. The Morgan fingerprint density at radius 3 is 2.59 bits per heavy atom. The third kappa shape index (κ3) is 3.45. The van der Waals surface area contributed by atoms with Crippen molar-refractivity contribution in [3.63, 3.8) is 0 Å². The Balaban J connectivity index is 2.38. The zero-order valence-corrected chi connectivity index (χ0v) is 11.5. The van der Waals surface area contributed by atoms with Crippen molar-refractivity contribution < 1.29 is 27.6 Å². The van der Waals surface area contributed by atoms with E-state index in [9.17, 15) is 23.1 Å². The molecule has 8 heteroatoms.